The molecular weight excluding hydrogens is 518 g/mol. The smallest absolute Gasteiger partial charge is 0.326 e. The number of amides is 3. The zero-order chi connectivity index (χ0) is 28.7. The second-order valence-electron chi connectivity index (χ2n) is 8.66. The van der Waals surface area contributed by atoms with Crippen molar-refractivity contribution in [2.24, 2.45) is 11.5 Å². The van der Waals surface area contributed by atoms with Crippen LogP contribution in [-0.4, -0.2) is 87.7 Å². The predicted molar refractivity (Wildman–Crippen MR) is 141 cm³/mol. The van der Waals surface area contributed by atoms with Crippen LogP contribution in [-0.2, 0) is 30.4 Å². The molecule has 38 heavy (non-hydrogen) atoms. The summed E-state index contributed by atoms with van der Waals surface area (Å²) in [5.74, 6) is -4.56. The molecule has 212 valence electrons. The number of phenolic OH excluding ortho intramolecular Hbond substituents is 1. The number of nitrogens with one attached hydrogen (secondary N) is 3. The molecule has 14 heteroatoms. The number of carboxylic acid groups (broad SMARTS) is 2. The van der Waals surface area contributed by atoms with Crippen molar-refractivity contribution < 1.29 is 39.3 Å². The van der Waals surface area contributed by atoms with E-state index in [4.69, 9.17) is 11.5 Å². The van der Waals surface area contributed by atoms with Crippen molar-refractivity contribution in [3.8, 4) is 5.75 Å². The molecule has 3 amide bonds. The van der Waals surface area contributed by atoms with E-state index in [2.05, 4.69) is 16.0 Å². The normalized spacial score (nSPS) is 14.0. The quantitative estimate of drug-likeness (QED) is 0.104. The zero-order valence-corrected chi connectivity index (χ0v) is 22.0. The molecule has 1 aromatic rings. The summed E-state index contributed by atoms with van der Waals surface area (Å²) in [5, 5.41) is 35.3. The molecule has 4 unspecified atom stereocenters. The summed E-state index contributed by atoms with van der Waals surface area (Å²) in [6.07, 6.45) is 2.43. The van der Waals surface area contributed by atoms with Crippen molar-refractivity contribution in [3.05, 3.63) is 29.8 Å². The van der Waals surface area contributed by atoms with E-state index in [0.29, 0.717) is 30.7 Å². The van der Waals surface area contributed by atoms with Crippen molar-refractivity contribution >= 4 is 41.4 Å². The van der Waals surface area contributed by atoms with Gasteiger partial charge in [0.2, 0.25) is 17.7 Å². The molecule has 1 rings (SSSR count). The van der Waals surface area contributed by atoms with Crippen molar-refractivity contribution in [3.63, 3.8) is 0 Å². The minimum Gasteiger partial charge on any atom is -0.508 e. The number of phenols is 1. The number of carbonyl (C=O) groups excluding carboxylic acids is 3. The van der Waals surface area contributed by atoms with Crippen LogP contribution in [0.5, 0.6) is 5.75 Å². The maximum Gasteiger partial charge on any atom is 0.326 e. The summed E-state index contributed by atoms with van der Waals surface area (Å²) in [6, 6.07) is 0.985. The number of carboxylic acids is 2. The molecular formula is C24H37N5O8S. The molecule has 13 nitrogen and oxygen atoms in total. The summed E-state index contributed by atoms with van der Waals surface area (Å²) >= 11 is 1.39. The van der Waals surface area contributed by atoms with Gasteiger partial charge in [-0.3, -0.25) is 19.2 Å². The first-order valence-electron chi connectivity index (χ1n) is 12.1. The van der Waals surface area contributed by atoms with Crippen LogP contribution in [0.25, 0.3) is 0 Å². The molecule has 0 radical (unpaired) electrons. The first-order chi connectivity index (χ1) is 18.0. The number of thioether (sulfide) groups is 1. The summed E-state index contributed by atoms with van der Waals surface area (Å²) < 4.78 is 0. The van der Waals surface area contributed by atoms with Crippen molar-refractivity contribution in [2.45, 2.75) is 62.7 Å². The van der Waals surface area contributed by atoms with Gasteiger partial charge in [-0.05, 0) is 68.4 Å². The topological polar surface area (TPSA) is 234 Å². The maximum absolute atomic E-state index is 13.0. The third-order valence-corrected chi connectivity index (χ3v) is 6.19. The Morgan fingerprint density at radius 1 is 0.868 bits per heavy atom. The van der Waals surface area contributed by atoms with E-state index in [1.165, 1.54) is 23.9 Å². The summed E-state index contributed by atoms with van der Waals surface area (Å²) in [5.41, 5.74) is 12.0. The van der Waals surface area contributed by atoms with Gasteiger partial charge in [0.05, 0.1) is 12.5 Å². The number of carbonyl (C=O) groups is 5. The highest BCUT2D eigenvalue weighted by molar-refractivity contribution is 7.98. The Morgan fingerprint density at radius 3 is 2.00 bits per heavy atom. The average Bonchev–Trinajstić information content (AvgIpc) is 2.86. The number of hydrogen-bond acceptors (Lipinski definition) is 9. The van der Waals surface area contributed by atoms with Crippen LogP contribution < -0.4 is 27.4 Å². The fourth-order valence-electron chi connectivity index (χ4n) is 3.44. The number of benzene rings is 1. The molecule has 0 saturated carbocycles. The highest BCUT2D eigenvalue weighted by Gasteiger charge is 2.31. The molecule has 4 atom stereocenters. The lowest BCUT2D eigenvalue weighted by Gasteiger charge is -2.24. The van der Waals surface area contributed by atoms with Gasteiger partial charge in [-0.15, -0.1) is 0 Å². The Labute approximate surface area is 225 Å². The third kappa shape index (κ3) is 12.3. The lowest BCUT2D eigenvalue weighted by molar-refractivity contribution is -0.143. The fourth-order valence-corrected chi connectivity index (χ4v) is 3.91. The van der Waals surface area contributed by atoms with E-state index in [9.17, 15) is 39.3 Å². The van der Waals surface area contributed by atoms with Gasteiger partial charge in [-0.1, -0.05) is 12.1 Å². The first kappa shape index (κ1) is 32.7. The highest BCUT2D eigenvalue weighted by Crippen LogP contribution is 2.11. The monoisotopic (exact) mass is 555 g/mol. The Hall–Kier alpha value is -3.36. The number of aromatic hydroxyl groups is 1. The SMILES string of the molecule is CSCCC(NC(=O)C(CC(=O)O)NC(=O)C(N)Cc1ccc(O)cc1)C(=O)NC(CCCCN)C(=O)O. The van der Waals surface area contributed by atoms with Gasteiger partial charge >= 0.3 is 11.9 Å². The van der Waals surface area contributed by atoms with E-state index >= 15 is 0 Å². The molecule has 0 aliphatic rings. The molecule has 0 aromatic heterocycles. The Morgan fingerprint density at radius 2 is 1.45 bits per heavy atom. The van der Waals surface area contributed by atoms with Crippen LogP contribution in [0.4, 0.5) is 0 Å². The number of hydrogen-bond donors (Lipinski definition) is 8. The van der Waals surface area contributed by atoms with Gasteiger partial charge in [0.15, 0.2) is 0 Å². The Kier molecular flexibility index (Phi) is 14.8. The van der Waals surface area contributed by atoms with Gasteiger partial charge in [-0.2, -0.15) is 11.8 Å². The predicted octanol–water partition coefficient (Wildman–Crippen LogP) is -0.842. The first-order valence-corrected chi connectivity index (χ1v) is 13.5. The maximum atomic E-state index is 13.0. The molecule has 0 spiro atoms. The van der Waals surface area contributed by atoms with Crippen LogP contribution in [0, 0.1) is 0 Å². The lowest BCUT2D eigenvalue weighted by Crippen LogP contribution is -2.57. The highest BCUT2D eigenvalue weighted by atomic mass is 32.2. The molecule has 0 aliphatic carbocycles. The largest absolute Gasteiger partial charge is 0.508 e. The molecule has 0 heterocycles. The molecule has 0 saturated heterocycles. The fraction of sp³-hybridized carbons (Fsp3) is 0.542. The average molecular weight is 556 g/mol. The standard InChI is InChI=1S/C24H37N5O8S/c1-38-11-9-17(22(34)28-18(24(36)37)4-2-3-10-25)27-23(35)19(13-20(31)32)29-21(33)16(26)12-14-5-7-15(30)8-6-14/h5-8,16-19,30H,2-4,9-13,25-26H2,1H3,(H,27,35)(H,28,34)(H,29,33)(H,31,32)(H,36,37). The minimum absolute atomic E-state index is 0.0373. The second-order valence-corrected chi connectivity index (χ2v) is 9.65. The molecule has 10 N–H and O–H groups in total. The van der Waals surface area contributed by atoms with Crippen molar-refractivity contribution in [2.75, 3.05) is 18.6 Å². The van der Waals surface area contributed by atoms with E-state index in [1.54, 1.807) is 18.4 Å². The second kappa shape index (κ2) is 17.2. The molecule has 0 aliphatic heterocycles. The van der Waals surface area contributed by atoms with Crippen molar-refractivity contribution in [1.82, 2.24) is 16.0 Å². The Balaban J connectivity index is 2.93. The Bertz CT molecular complexity index is 946. The number of rotatable bonds is 18. The van der Waals surface area contributed by atoms with E-state index in [0.717, 1.165) is 0 Å². The van der Waals surface area contributed by atoms with E-state index in [1.807, 2.05) is 0 Å². The van der Waals surface area contributed by atoms with Gasteiger partial charge in [0, 0.05) is 0 Å². The van der Waals surface area contributed by atoms with Crippen molar-refractivity contribution in [1.29, 1.82) is 0 Å². The minimum atomic E-state index is -1.53. The molecule has 1 aromatic carbocycles. The summed E-state index contributed by atoms with van der Waals surface area (Å²) in [4.78, 5) is 61.4. The van der Waals surface area contributed by atoms with Crippen LogP contribution in [0.15, 0.2) is 24.3 Å². The van der Waals surface area contributed by atoms with E-state index in [-0.39, 0.29) is 25.0 Å². The molecule has 0 fully saturated rings. The van der Waals surface area contributed by atoms with Gasteiger partial charge in [0.1, 0.15) is 23.9 Å². The van der Waals surface area contributed by atoms with E-state index < -0.39 is 60.2 Å². The molecule has 0 bridgehead atoms. The van der Waals surface area contributed by atoms with Gasteiger partial charge in [-0.25, -0.2) is 4.79 Å². The third-order valence-electron chi connectivity index (χ3n) is 5.55. The van der Waals surface area contributed by atoms with Crippen LogP contribution in [0.3, 0.4) is 0 Å². The summed E-state index contributed by atoms with van der Waals surface area (Å²) in [7, 11) is 0. The lowest BCUT2D eigenvalue weighted by atomic mass is 10.0. The number of nitrogens with two attached hydrogens (primary N) is 2. The zero-order valence-electron chi connectivity index (χ0n) is 21.2. The summed E-state index contributed by atoms with van der Waals surface area (Å²) in [6.45, 7) is 0.377. The van der Waals surface area contributed by atoms with Crippen LogP contribution in [0.2, 0.25) is 0 Å². The van der Waals surface area contributed by atoms with Gasteiger partial charge < -0.3 is 42.7 Å². The van der Waals surface area contributed by atoms with Gasteiger partial charge in [0.25, 0.3) is 0 Å². The number of unbranched alkanes of at least 4 members (excludes halogenated alkanes) is 1. The van der Waals surface area contributed by atoms with Crippen LogP contribution in [0.1, 0.15) is 37.7 Å². The van der Waals surface area contributed by atoms with Crippen LogP contribution >= 0.6 is 11.8 Å². The number of aliphatic carboxylic acids is 2.